The second kappa shape index (κ2) is 5.88. The molecular weight excluding hydrogens is 379 g/mol. The van der Waals surface area contributed by atoms with Gasteiger partial charge in [-0.1, -0.05) is 23.2 Å². The SMILES string of the molecule is CC(=O)OC1=C(Cl)[C@@H]2[C@H](OC(C)=O)[C@@H](OC(C)=O)[C@@H]3OC(=O)[C@@]1(Cl)[C@@H]32. The van der Waals surface area contributed by atoms with Gasteiger partial charge in [-0.05, 0) is 0 Å². The van der Waals surface area contributed by atoms with Gasteiger partial charge in [-0.15, -0.1) is 0 Å². The maximum absolute atomic E-state index is 12.4. The largest absolute Gasteiger partial charge is 0.458 e. The molecule has 1 saturated heterocycles. The van der Waals surface area contributed by atoms with Gasteiger partial charge in [0.15, 0.2) is 18.0 Å². The quantitative estimate of drug-likeness (QED) is 0.398. The van der Waals surface area contributed by atoms with Gasteiger partial charge in [-0.2, -0.15) is 0 Å². The van der Waals surface area contributed by atoms with Crippen molar-refractivity contribution in [2.75, 3.05) is 0 Å². The van der Waals surface area contributed by atoms with Crippen molar-refractivity contribution < 1.29 is 38.1 Å². The molecule has 0 unspecified atom stereocenters. The molecule has 8 nitrogen and oxygen atoms in total. The highest BCUT2D eigenvalue weighted by molar-refractivity contribution is 6.40. The molecule has 25 heavy (non-hydrogen) atoms. The minimum atomic E-state index is -1.84. The van der Waals surface area contributed by atoms with E-state index in [1.165, 1.54) is 13.8 Å². The van der Waals surface area contributed by atoms with Crippen molar-refractivity contribution in [2.24, 2.45) is 11.8 Å². The molecule has 0 N–H and O–H groups in total. The van der Waals surface area contributed by atoms with Crippen LogP contribution in [0.2, 0.25) is 0 Å². The Labute approximate surface area is 152 Å². The molecule has 10 heteroatoms. The first kappa shape index (κ1) is 18.0. The smallest absolute Gasteiger partial charge is 0.336 e. The molecule has 0 aromatic carbocycles. The topological polar surface area (TPSA) is 105 Å². The summed E-state index contributed by atoms with van der Waals surface area (Å²) in [4.78, 5) is 44.8. The Hall–Kier alpha value is -1.80. The number of hydrogen-bond donors (Lipinski definition) is 0. The van der Waals surface area contributed by atoms with E-state index in [1.807, 2.05) is 0 Å². The van der Waals surface area contributed by atoms with Crippen LogP contribution in [-0.2, 0) is 38.1 Å². The average Bonchev–Trinajstić information content (AvgIpc) is 2.98. The van der Waals surface area contributed by atoms with Crippen LogP contribution in [0.1, 0.15) is 20.8 Å². The zero-order valence-corrected chi connectivity index (χ0v) is 14.9. The summed E-state index contributed by atoms with van der Waals surface area (Å²) in [7, 11) is 0. The van der Waals surface area contributed by atoms with Crippen molar-refractivity contribution in [3.05, 3.63) is 10.8 Å². The Morgan fingerprint density at radius 3 is 2.12 bits per heavy atom. The van der Waals surface area contributed by atoms with Crippen LogP contribution in [0.25, 0.3) is 0 Å². The van der Waals surface area contributed by atoms with Crippen molar-refractivity contribution in [1.29, 1.82) is 0 Å². The first-order valence-corrected chi connectivity index (χ1v) is 8.17. The lowest BCUT2D eigenvalue weighted by Crippen LogP contribution is -2.39. The molecule has 0 aromatic heterocycles. The molecule has 0 amide bonds. The zero-order chi connectivity index (χ0) is 18.7. The zero-order valence-electron chi connectivity index (χ0n) is 13.4. The van der Waals surface area contributed by atoms with Crippen LogP contribution in [0.5, 0.6) is 0 Å². The van der Waals surface area contributed by atoms with Gasteiger partial charge in [0.2, 0.25) is 4.87 Å². The van der Waals surface area contributed by atoms with E-state index in [9.17, 15) is 19.2 Å². The molecule has 3 aliphatic rings. The molecule has 0 aromatic rings. The number of alkyl halides is 1. The third-order valence-electron chi connectivity index (χ3n) is 4.43. The highest BCUT2D eigenvalue weighted by Gasteiger charge is 2.77. The van der Waals surface area contributed by atoms with E-state index in [2.05, 4.69) is 0 Å². The van der Waals surface area contributed by atoms with Crippen molar-refractivity contribution in [3.63, 3.8) is 0 Å². The minimum absolute atomic E-state index is 0.0299. The molecule has 2 fully saturated rings. The predicted molar refractivity (Wildman–Crippen MR) is 81.2 cm³/mol. The van der Waals surface area contributed by atoms with E-state index in [1.54, 1.807) is 0 Å². The Balaban J connectivity index is 2.10. The fraction of sp³-hybridized carbons (Fsp3) is 0.600. The second-order valence-corrected chi connectivity index (χ2v) is 7.06. The van der Waals surface area contributed by atoms with Gasteiger partial charge in [0.05, 0.1) is 5.03 Å². The first-order valence-electron chi connectivity index (χ1n) is 7.42. The monoisotopic (exact) mass is 392 g/mol. The predicted octanol–water partition coefficient (Wildman–Crippen LogP) is 1.03. The van der Waals surface area contributed by atoms with Gasteiger partial charge in [0.1, 0.15) is 6.10 Å². The van der Waals surface area contributed by atoms with Crippen molar-refractivity contribution >= 4 is 47.1 Å². The van der Waals surface area contributed by atoms with E-state index in [4.69, 9.17) is 42.1 Å². The Morgan fingerprint density at radius 1 is 1.04 bits per heavy atom. The molecule has 0 radical (unpaired) electrons. The summed E-state index contributed by atoms with van der Waals surface area (Å²) in [6, 6.07) is 0. The number of carbonyl (C=O) groups excluding carboxylic acids is 4. The molecule has 0 bridgehead atoms. The molecule has 1 saturated carbocycles. The fourth-order valence-corrected chi connectivity index (χ4v) is 4.70. The second-order valence-electron chi connectivity index (χ2n) is 6.05. The van der Waals surface area contributed by atoms with Gasteiger partial charge in [-0.3, -0.25) is 14.4 Å². The molecule has 1 aliphatic heterocycles. The molecule has 0 spiro atoms. The van der Waals surface area contributed by atoms with Crippen LogP contribution in [0.15, 0.2) is 10.8 Å². The summed E-state index contributed by atoms with van der Waals surface area (Å²) in [5.74, 6) is -4.71. The summed E-state index contributed by atoms with van der Waals surface area (Å²) in [6.07, 6.45) is -3.07. The van der Waals surface area contributed by atoms with Crippen molar-refractivity contribution in [2.45, 2.75) is 44.0 Å². The minimum Gasteiger partial charge on any atom is -0.458 e. The van der Waals surface area contributed by atoms with Gasteiger partial charge in [0, 0.05) is 32.6 Å². The normalized spacial score (nSPS) is 38.3. The fourth-order valence-electron chi connectivity index (χ4n) is 3.76. The number of ether oxygens (including phenoxy) is 4. The van der Waals surface area contributed by atoms with Crippen LogP contribution >= 0.6 is 23.2 Å². The van der Waals surface area contributed by atoms with Gasteiger partial charge >= 0.3 is 23.9 Å². The van der Waals surface area contributed by atoms with Crippen LogP contribution in [0.3, 0.4) is 0 Å². The first-order chi connectivity index (χ1) is 11.6. The number of esters is 4. The molecule has 1 heterocycles. The molecule has 3 rings (SSSR count). The molecular formula is C15H14Cl2O8. The van der Waals surface area contributed by atoms with E-state index in [0.717, 1.165) is 6.92 Å². The standard InChI is InChI=1S/C15H14Cl2O8/c1-4(18)22-10-7-8-11(12(10)23-5(2)19)25-14(21)15(8,17)13(9(7)16)24-6(3)20/h7-8,10-12H,1-3H3/t7-,8-,10+,11-,12-,15-/m1/s1. The summed E-state index contributed by atoms with van der Waals surface area (Å²) >= 11 is 12.8. The average molecular weight is 393 g/mol. The maximum Gasteiger partial charge on any atom is 0.336 e. The van der Waals surface area contributed by atoms with E-state index < -0.39 is 58.9 Å². The lowest BCUT2D eigenvalue weighted by molar-refractivity contribution is -0.173. The lowest BCUT2D eigenvalue weighted by atomic mass is 9.90. The van der Waals surface area contributed by atoms with E-state index >= 15 is 0 Å². The highest BCUT2D eigenvalue weighted by Crippen LogP contribution is 2.63. The van der Waals surface area contributed by atoms with Crippen LogP contribution < -0.4 is 0 Å². The van der Waals surface area contributed by atoms with Gasteiger partial charge in [-0.25, -0.2) is 4.79 Å². The van der Waals surface area contributed by atoms with Gasteiger partial charge < -0.3 is 18.9 Å². The number of hydrogen-bond acceptors (Lipinski definition) is 8. The van der Waals surface area contributed by atoms with E-state index in [0.29, 0.717) is 0 Å². The molecule has 136 valence electrons. The highest BCUT2D eigenvalue weighted by atomic mass is 35.5. The molecule has 6 atom stereocenters. The lowest BCUT2D eigenvalue weighted by Gasteiger charge is -2.24. The Kier molecular flexibility index (Phi) is 4.23. The van der Waals surface area contributed by atoms with Crippen molar-refractivity contribution in [3.8, 4) is 0 Å². The third kappa shape index (κ3) is 2.50. The summed E-state index contributed by atoms with van der Waals surface area (Å²) in [6.45, 7) is 3.48. The number of carbonyl (C=O) groups is 4. The Morgan fingerprint density at radius 2 is 1.60 bits per heavy atom. The third-order valence-corrected chi connectivity index (χ3v) is 5.43. The maximum atomic E-state index is 12.4. The summed E-state index contributed by atoms with van der Waals surface area (Å²) in [5, 5.41) is -0.0299. The van der Waals surface area contributed by atoms with Crippen LogP contribution in [0, 0.1) is 11.8 Å². The van der Waals surface area contributed by atoms with Crippen LogP contribution in [-0.4, -0.2) is 47.1 Å². The van der Waals surface area contributed by atoms with Crippen molar-refractivity contribution in [1.82, 2.24) is 0 Å². The number of rotatable bonds is 3. The van der Waals surface area contributed by atoms with E-state index in [-0.39, 0.29) is 10.8 Å². The summed E-state index contributed by atoms with van der Waals surface area (Å²) in [5.41, 5.74) is 0. The summed E-state index contributed by atoms with van der Waals surface area (Å²) < 4.78 is 20.8. The Bertz CT molecular complexity index is 716. The van der Waals surface area contributed by atoms with Gasteiger partial charge in [0.25, 0.3) is 0 Å². The van der Waals surface area contributed by atoms with Crippen LogP contribution in [0.4, 0.5) is 0 Å². The molecule has 2 aliphatic carbocycles. The number of halogens is 2.